The zero-order valence-corrected chi connectivity index (χ0v) is 23.8. The van der Waals surface area contributed by atoms with E-state index in [0.717, 1.165) is 33.0 Å². The Hall–Kier alpha value is -5.27. The number of fused-ring (bicyclic) bond motifs is 1. The maximum absolute atomic E-state index is 13.7. The molecule has 0 unspecified atom stereocenters. The zero-order chi connectivity index (χ0) is 30.0. The number of hydrogen-bond donors (Lipinski definition) is 3. The zero-order valence-electron chi connectivity index (χ0n) is 23.8. The number of nitrogens with one attached hydrogen (secondary N) is 2. The summed E-state index contributed by atoms with van der Waals surface area (Å²) >= 11 is 0. The monoisotopic (exact) mass is 570 g/mol. The van der Waals surface area contributed by atoms with Gasteiger partial charge in [0.1, 0.15) is 0 Å². The lowest BCUT2D eigenvalue weighted by Gasteiger charge is -2.24. The van der Waals surface area contributed by atoms with Crippen molar-refractivity contribution in [1.82, 2.24) is 15.5 Å². The molecule has 0 aliphatic carbocycles. The Balaban J connectivity index is 1.42. The van der Waals surface area contributed by atoms with Crippen molar-refractivity contribution in [2.75, 3.05) is 19.6 Å². The van der Waals surface area contributed by atoms with E-state index >= 15 is 0 Å². The lowest BCUT2D eigenvalue weighted by atomic mass is 9.97. The van der Waals surface area contributed by atoms with Crippen molar-refractivity contribution in [2.45, 2.75) is 13.1 Å². The van der Waals surface area contributed by atoms with Gasteiger partial charge in [0, 0.05) is 37.3 Å². The Morgan fingerprint density at radius 2 is 1.40 bits per heavy atom. The summed E-state index contributed by atoms with van der Waals surface area (Å²) in [5.41, 5.74) is 10.2. The second-order valence-electron chi connectivity index (χ2n) is 10.2. The summed E-state index contributed by atoms with van der Waals surface area (Å²) < 4.78 is 0. The van der Waals surface area contributed by atoms with E-state index in [2.05, 4.69) is 28.8 Å². The number of amides is 3. The molecular formula is C36H34N4O3. The molecule has 0 atom stereocenters. The summed E-state index contributed by atoms with van der Waals surface area (Å²) in [5, 5.41) is 7.79. The summed E-state index contributed by atoms with van der Waals surface area (Å²) in [6.45, 7) is 1.29. The number of carbonyl (C=O) groups excluding carboxylic acids is 3. The van der Waals surface area contributed by atoms with Crippen molar-refractivity contribution in [3.63, 3.8) is 0 Å². The van der Waals surface area contributed by atoms with E-state index < -0.39 is 0 Å². The lowest BCUT2D eigenvalue weighted by Crippen LogP contribution is -2.39. The normalized spacial score (nSPS) is 10.7. The minimum atomic E-state index is -0.300. The molecule has 0 aromatic heterocycles. The Labute approximate surface area is 251 Å². The van der Waals surface area contributed by atoms with Crippen molar-refractivity contribution < 1.29 is 14.4 Å². The van der Waals surface area contributed by atoms with Gasteiger partial charge in [0.2, 0.25) is 5.91 Å². The van der Waals surface area contributed by atoms with Gasteiger partial charge in [0.05, 0.1) is 6.54 Å². The van der Waals surface area contributed by atoms with E-state index in [1.165, 1.54) is 0 Å². The van der Waals surface area contributed by atoms with E-state index in [1.54, 1.807) is 35.2 Å². The Bertz CT molecular complexity index is 1730. The van der Waals surface area contributed by atoms with Crippen LogP contribution in [0.4, 0.5) is 0 Å². The van der Waals surface area contributed by atoms with Crippen LogP contribution in [-0.2, 0) is 17.9 Å². The fourth-order valence-corrected chi connectivity index (χ4v) is 5.10. The molecular weight excluding hydrogens is 536 g/mol. The highest BCUT2D eigenvalue weighted by atomic mass is 16.2. The number of carbonyl (C=O) groups is 3. The van der Waals surface area contributed by atoms with Gasteiger partial charge in [-0.15, -0.1) is 0 Å². The van der Waals surface area contributed by atoms with E-state index in [0.29, 0.717) is 37.3 Å². The molecule has 0 aliphatic rings. The van der Waals surface area contributed by atoms with E-state index in [-0.39, 0.29) is 24.3 Å². The first-order chi connectivity index (χ1) is 21.0. The number of rotatable bonds is 11. The molecule has 0 bridgehead atoms. The largest absolute Gasteiger partial charge is 0.351 e. The van der Waals surface area contributed by atoms with Crippen molar-refractivity contribution in [2.24, 2.45) is 5.73 Å². The number of hydrogen-bond acceptors (Lipinski definition) is 4. The average molecular weight is 571 g/mol. The third-order valence-corrected chi connectivity index (χ3v) is 7.24. The fourth-order valence-electron chi connectivity index (χ4n) is 5.10. The van der Waals surface area contributed by atoms with Crippen LogP contribution in [0.3, 0.4) is 0 Å². The molecule has 0 spiro atoms. The topological polar surface area (TPSA) is 105 Å². The smallest absolute Gasteiger partial charge is 0.251 e. The third kappa shape index (κ3) is 7.33. The van der Waals surface area contributed by atoms with Gasteiger partial charge in [-0.3, -0.25) is 14.4 Å². The summed E-state index contributed by atoms with van der Waals surface area (Å²) in [6.07, 6.45) is 0. The number of nitrogens with two attached hydrogens (primary N) is 1. The van der Waals surface area contributed by atoms with Crippen molar-refractivity contribution >= 4 is 28.5 Å². The molecule has 216 valence electrons. The van der Waals surface area contributed by atoms with Crippen molar-refractivity contribution in [1.29, 1.82) is 0 Å². The second kappa shape index (κ2) is 14.1. The minimum Gasteiger partial charge on any atom is -0.351 e. The average Bonchev–Trinajstić information content (AvgIpc) is 3.06. The lowest BCUT2D eigenvalue weighted by molar-refractivity contribution is -0.131. The van der Waals surface area contributed by atoms with Crippen LogP contribution in [0.5, 0.6) is 0 Å². The van der Waals surface area contributed by atoms with Crippen LogP contribution in [0, 0.1) is 0 Å². The van der Waals surface area contributed by atoms with E-state index in [4.69, 9.17) is 5.73 Å². The Kier molecular flexibility index (Phi) is 9.56. The first kappa shape index (κ1) is 29.2. The summed E-state index contributed by atoms with van der Waals surface area (Å²) in [5.74, 6) is -0.692. The van der Waals surface area contributed by atoms with Gasteiger partial charge < -0.3 is 21.3 Å². The molecule has 43 heavy (non-hydrogen) atoms. The molecule has 0 heterocycles. The first-order valence-electron chi connectivity index (χ1n) is 14.3. The van der Waals surface area contributed by atoms with Crippen LogP contribution in [0.2, 0.25) is 0 Å². The summed E-state index contributed by atoms with van der Waals surface area (Å²) in [6, 6.07) is 38.3. The van der Waals surface area contributed by atoms with Gasteiger partial charge in [0.15, 0.2) is 0 Å². The molecule has 0 aliphatic heterocycles. The molecule has 4 N–H and O–H groups in total. The van der Waals surface area contributed by atoms with Gasteiger partial charge in [0.25, 0.3) is 11.8 Å². The van der Waals surface area contributed by atoms with Crippen LogP contribution in [0.25, 0.3) is 21.9 Å². The van der Waals surface area contributed by atoms with Crippen LogP contribution >= 0.6 is 0 Å². The highest BCUT2D eigenvalue weighted by Gasteiger charge is 2.19. The maximum Gasteiger partial charge on any atom is 0.251 e. The molecule has 0 fully saturated rings. The number of nitrogens with zero attached hydrogens (tertiary/aromatic N) is 1. The van der Waals surface area contributed by atoms with Crippen LogP contribution in [-0.4, -0.2) is 42.3 Å². The molecule has 5 rings (SSSR count). The quantitative estimate of drug-likeness (QED) is 0.204. The molecule has 3 amide bonds. The van der Waals surface area contributed by atoms with Gasteiger partial charge >= 0.3 is 0 Å². The van der Waals surface area contributed by atoms with Crippen LogP contribution in [0.1, 0.15) is 31.8 Å². The molecule has 7 nitrogen and oxygen atoms in total. The Morgan fingerprint density at radius 3 is 2.23 bits per heavy atom. The molecule has 0 radical (unpaired) electrons. The maximum atomic E-state index is 13.7. The highest BCUT2D eigenvalue weighted by molar-refractivity contribution is 6.01. The van der Waals surface area contributed by atoms with Gasteiger partial charge in [-0.05, 0) is 57.3 Å². The van der Waals surface area contributed by atoms with Crippen LogP contribution in [0.15, 0.2) is 121 Å². The summed E-state index contributed by atoms with van der Waals surface area (Å²) in [7, 11) is 0. The fraction of sp³-hybridized carbons (Fsp3) is 0.139. The van der Waals surface area contributed by atoms with Crippen molar-refractivity contribution in [3.8, 4) is 11.1 Å². The SMILES string of the molecule is NCCNC(=O)c1ccccc1-c1cccc(CN(Cc2cccc3ccccc23)C(=O)CNC(=O)c2ccccc2)c1. The minimum absolute atomic E-state index is 0.137. The molecule has 7 heteroatoms. The van der Waals surface area contributed by atoms with Gasteiger partial charge in [-0.1, -0.05) is 97.1 Å². The van der Waals surface area contributed by atoms with Gasteiger partial charge in [-0.25, -0.2) is 0 Å². The third-order valence-electron chi connectivity index (χ3n) is 7.24. The predicted molar refractivity (Wildman–Crippen MR) is 170 cm³/mol. The summed E-state index contributed by atoms with van der Waals surface area (Å²) in [4.78, 5) is 41.0. The van der Waals surface area contributed by atoms with Crippen LogP contribution < -0.4 is 16.4 Å². The highest BCUT2D eigenvalue weighted by Crippen LogP contribution is 2.26. The first-order valence-corrected chi connectivity index (χ1v) is 14.3. The van der Waals surface area contributed by atoms with Crippen molar-refractivity contribution in [3.05, 3.63) is 144 Å². The predicted octanol–water partition coefficient (Wildman–Crippen LogP) is 5.15. The van der Waals surface area contributed by atoms with Gasteiger partial charge in [-0.2, -0.15) is 0 Å². The second-order valence-corrected chi connectivity index (χ2v) is 10.2. The molecule has 0 saturated carbocycles. The Morgan fingerprint density at radius 1 is 0.674 bits per heavy atom. The van der Waals surface area contributed by atoms with E-state index in [1.807, 2.05) is 72.8 Å². The van der Waals surface area contributed by atoms with E-state index in [9.17, 15) is 14.4 Å². The molecule has 5 aromatic carbocycles. The standard InChI is InChI=1S/C36H34N4O3/c37-20-21-38-36(43)33-19-7-6-18-32(33)29-15-8-10-26(22-29)24-40(25-30-16-9-14-27-11-4-5-17-31(27)30)34(41)23-39-35(42)28-12-2-1-3-13-28/h1-19,22H,20-21,23-25,37H2,(H,38,43)(H,39,42). The number of benzene rings is 5. The molecule has 0 saturated heterocycles. The molecule has 5 aromatic rings.